The van der Waals surface area contributed by atoms with Gasteiger partial charge >= 0.3 is 5.97 Å². The minimum absolute atomic E-state index is 0.0277. The molecule has 0 bridgehead atoms. The van der Waals surface area contributed by atoms with Crippen molar-refractivity contribution in [3.63, 3.8) is 0 Å². The van der Waals surface area contributed by atoms with Crippen LogP contribution in [0.25, 0.3) is 0 Å². The molecule has 1 heterocycles. The van der Waals surface area contributed by atoms with Gasteiger partial charge in [0.1, 0.15) is 5.75 Å². The summed E-state index contributed by atoms with van der Waals surface area (Å²) in [6.07, 6.45) is -0.112. The zero-order valence-corrected chi connectivity index (χ0v) is 18.2. The molecule has 162 valence electrons. The molecule has 0 unspecified atom stereocenters. The van der Waals surface area contributed by atoms with Crippen molar-refractivity contribution in [3.8, 4) is 5.75 Å². The van der Waals surface area contributed by atoms with Crippen LogP contribution in [0.15, 0.2) is 53.0 Å². The summed E-state index contributed by atoms with van der Waals surface area (Å²) in [6, 6.07) is 13.3. The molecule has 9 nitrogen and oxygen atoms in total. The first-order valence-electron chi connectivity index (χ1n) is 9.33. The zero-order chi connectivity index (χ0) is 22.4. The minimum Gasteiger partial charge on any atom is -0.497 e. The van der Waals surface area contributed by atoms with E-state index in [1.54, 1.807) is 48.5 Å². The van der Waals surface area contributed by atoms with Gasteiger partial charge in [0.05, 0.1) is 19.6 Å². The molecule has 0 radical (unpaired) electrons. The molecule has 3 amide bonds. The number of nitrogens with one attached hydrogen (secondary N) is 2. The summed E-state index contributed by atoms with van der Waals surface area (Å²) in [6.45, 7) is -0.513. The fourth-order valence-electron chi connectivity index (χ4n) is 2.89. The van der Waals surface area contributed by atoms with Crippen molar-refractivity contribution in [1.82, 2.24) is 10.4 Å². The number of hydrogen-bond acceptors (Lipinski definition) is 6. The van der Waals surface area contributed by atoms with Gasteiger partial charge in [-0.25, -0.2) is 0 Å². The van der Waals surface area contributed by atoms with Gasteiger partial charge in [-0.3, -0.25) is 29.6 Å². The second kappa shape index (κ2) is 10.1. The van der Waals surface area contributed by atoms with Crippen LogP contribution in [0, 0.1) is 5.92 Å². The standard InChI is InChI=1S/C21H20BrN3O6/c1-30-17-8-6-16(7-9-17)23-18(26)12-31-21(29)14-10-19(27)25(11-14)24-20(28)13-2-4-15(22)5-3-13/h2-9,14H,10-12H2,1H3,(H,23,26)(H,24,28)/t14-/m1/s1. The Hall–Kier alpha value is -3.40. The van der Waals surface area contributed by atoms with E-state index < -0.39 is 36.2 Å². The molecule has 2 aromatic rings. The summed E-state index contributed by atoms with van der Waals surface area (Å²) in [5.74, 6) is -2.19. The van der Waals surface area contributed by atoms with E-state index in [9.17, 15) is 19.2 Å². The third-order valence-electron chi connectivity index (χ3n) is 4.52. The van der Waals surface area contributed by atoms with E-state index in [1.807, 2.05) is 0 Å². The number of anilines is 1. The highest BCUT2D eigenvalue weighted by molar-refractivity contribution is 9.10. The van der Waals surface area contributed by atoms with E-state index >= 15 is 0 Å². The summed E-state index contributed by atoms with van der Waals surface area (Å²) < 4.78 is 10.9. The summed E-state index contributed by atoms with van der Waals surface area (Å²) in [7, 11) is 1.54. The predicted molar refractivity (Wildman–Crippen MR) is 114 cm³/mol. The Balaban J connectivity index is 1.46. The third kappa shape index (κ3) is 6.05. The van der Waals surface area contributed by atoms with Crippen molar-refractivity contribution in [2.24, 2.45) is 5.92 Å². The normalized spacial score (nSPS) is 15.4. The van der Waals surface area contributed by atoms with Crippen LogP contribution in [0.5, 0.6) is 5.75 Å². The molecular weight excluding hydrogens is 470 g/mol. The fraction of sp³-hybridized carbons (Fsp3) is 0.238. The van der Waals surface area contributed by atoms with Crippen molar-refractivity contribution in [3.05, 3.63) is 58.6 Å². The number of carbonyl (C=O) groups excluding carboxylic acids is 4. The molecule has 2 N–H and O–H groups in total. The Kier molecular flexibility index (Phi) is 7.24. The lowest BCUT2D eigenvalue weighted by molar-refractivity contribution is -0.151. The second-order valence-electron chi connectivity index (χ2n) is 6.74. The molecular formula is C21H20BrN3O6. The van der Waals surface area contributed by atoms with Gasteiger partial charge < -0.3 is 14.8 Å². The molecule has 31 heavy (non-hydrogen) atoms. The van der Waals surface area contributed by atoms with Gasteiger partial charge in [0, 0.05) is 22.1 Å². The van der Waals surface area contributed by atoms with E-state index in [1.165, 1.54) is 7.11 Å². The molecule has 2 aromatic carbocycles. The van der Waals surface area contributed by atoms with Gasteiger partial charge in [-0.1, -0.05) is 15.9 Å². The van der Waals surface area contributed by atoms with Gasteiger partial charge in [0.15, 0.2) is 6.61 Å². The number of rotatable bonds is 7. The lowest BCUT2D eigenvalue weighted by atomic mass is 10.1. The number of nitrogens with zero attached hydrogens (tertiary/aromatic N) is 1. The van der Waals surface area contributed by atoms with Crippen molar-refractivity contribution in [2.75, 3.05) is 25.6 Å². The maximum atomic E-state index is 12.3. The van der Waals surface area contributed by atoms with Crippen LogP contribution < -0.4 is 15.5 Å². The number of hydrogen-bond donors (Lipinski definition) is 2. The SMILES string of the molecule is COc1ccc(NC(=O)COC(=O)[C@@H]2CC(=O)N(NC(=O)c3ccc(Br)cc3)C2)cc1. The van der Waals surface area contributed by atoms with Crippen LogP contribution in [0.2, 0.25) is 0 Å². The van der Waals surface area contributed by atoms with Gasteiger partial charge in [-0.2, -0.15) is 0 Å². The molecule has 0 aliphatic carbocycles. The Bertz CT molecular complexity index is 978. The summed E-state index contributed by atoms with van der Waals surface area (Å²) in [5.41, 5.74) is 3.39. The van der Waals surface area contributed by atoms with Crippen LogP contribution >= 0.6 is 15.9 Å². The largest absolute Gasteiger partial charge is 0.497 e. The molecule has 1 aliphatic rings. The average molecular weight is 490 g/mol. The molecule has 10 heteroatoms. The molecule has 3 rings (SSSR count). The Labute approximate surface area is 186 Å². The lowest BCUT2D eigenvalue weighted by Crippen LogP contribution is -2.43. The van der Waals surface area contributed by atoms with Crippen LogP contribution in [0.1, 0.15) is 16.8 Å². The molecule has 1 fully saturated rings. The zero-order valence-electron chi connectivity index (χ0n) is 16.6. The van der Waals surface area contributed by atoms with Crippen molar-refractivity contribution in [2.45, 2.75) is 6.42 Å². The highest BCUT2D eigenvalue weighted by atomic mass is 79.9. The van der Waals surface area contributed by atoms with Crippen molar-refractivity contribution < 1.29 is 28.7 Å². The van der Waals surface area contributed by atoms with E-state index in [0.717, 1.165) is 9.48 Å². The van der Waals surface area contributed by atoms with Crippen LogP contribution in [0.4, 0.5) is 5.69 Å². The Morgan fingerprint density at radius 3 is 2.42 bits per heavy atom. The summed E-state index contributed by atoms with van der Waals surface area (Å²) in [4.78, 5) is 48.7. The van der Waals surface area contributed by atoms with Gasteiger partial charge in [-0.15, -0.1) is 0 Å². The highest BCUT2D eigenvalue weighted by Gasteiger charge is 2.36. The number of benzene rings is 2. The fourth-order valence-corrected chi connectivity index (χ4v) is 3.15. The first-order valence-corrected chi connectivity index (χ1v) is 10.1. The molecule has 0 spiro atoms. The van der Waals surface area contributed by atoms with Crippen LogP contribution in [-0.4, -0.2) is 49.0 Å². The first kappa shape index (κ1) is 22.3. The quantitative estimate of drug-likeness (QED) is 0.575. The number of halogens is 1. The average Bonchev–Trinajstić information content (AvgIpc) is 3.13. The Morgan fingerprint density at radius 2 is 1.77 bits per heavy atom. The lowest BCUT2D eigenvalue weighted by Gasteiger charge is -2.17. The molecule has 1 saturated heterocycles. The highest BCUT2D eigenvalue weighted by Crippen LogP contribution is 2.19. The Morgan fingerprint density at radius 1 is 1.10 bits per heavy atom. The number of methoxy groups -OCH3 is 1. The van der Waals surface area contributed by atoms with Gasteiger partial charge in [0.2, 0.25) is 5.91 Å². The molecule has 1 atom stereocenters. The third-order valence-corrected chi connectivity index (χ3v) is 5.05. The molecule has 1 aliphatic heterocycles. The number of esters is 1. The maximum absolute atomic E-state index is 12.3. The van der Waals surface area contributed by atoms with Gasteiger partial charge in [-0.05, 0) is 48.5 Å². The summed E-state index contributed by atoms with van der Waals surface area (Å²) >= 11 is 3.28. The predicted octanol–water partition coefficient (Wildman–Crippen LogP) is 2.13. The molecule has 0 saturated carbocycles. The number of amides is 3. The topological polar surface area (TPSA) is 114 Å². The van der Waals surface area contributed by atoms with Crippen molar-refractivity contribution in [1.29, 1.82) is 0 Å². The maximum Gasteiger partial charge on any atom is 0.311 e. The van der Waals surface area contributed by atoms with Crippen LogP contribution in [-0.2, 0) is 19.1 Å². The van der Waals surface area contributed by atoms with Crippen LogP contribution in [0.3, 0.4) is 0 Å². The number of hydrazine groups is 1. The number of ether oxygens (including phenoxy) is 2. The van der Waals surface area contributed by atoms with E-state index in [4.69, 9.17) is 9.47 Å². The molecule has 0 aromatic heterocycles. The first-order chi connectivity index (χ1) is 14.9. The second-order valence-corrected chi connectivity index (χ2v) is 7.65. The van der Waals surface area contributed by atoms with E-state index in [-0.39, 0.29) is 13.0 Å². The minimum atomic E-state index is -0.772. The monoisotopic (exact) mass is 489 g/mol. The van der Waals surface area contributed by atoms with Gasteiger partial charge in [0.25, 0.3) is 11.8 Å². The van der Waals surface area contributed by atoms with E-state index in [0.29, 0.717) is 17.0 Å². The smallest absolute Gasteiger partial charge is 0.311 e. The number of carbonyl (C=O) groups is 4. The summed E-state index contributed by atoms with van der Waals surface area (Å²) in [5, 5.41) is 3.69. The van der Waals surface area contributed by atoms with Crippen molar-refractivity contribution >= 4 is 45.3 Å². The van der Waals surface area contributed by atoms with E-state index in [2.05, 4.69) is 26.7 Å².